The van der Waals surface area contributed by atoms with Crippen LogP contribution in [0.3, 0.4) is 0 Å². The number of aromatic nitrogens is 5. The Labute approximate surface area is 150 Å². The van der Waals surface area contributed by atoms with Crippen molar-refractivity contribution in [2.45, 2.75) is 20.0 Å². The molecule has 0 bridgehead atoms. The van der Waals surface area contributed by atoms with Crippen molar-refractivity contribution in [3.8, 4) is 11.3 Å². The lowest BCUT2D eigenvalue weighted by Gasteiger charge is -2.09. The first-order chi connectivity index (χ1) is 12.8. The number of nitrogens with one attached hydrogen (secondary N) is 1. The van der Waals surface area contributed by atoms with Crippen LogP contribution in [0.2, 0.25) is 0 Å². The van der Waals surface area contributed by atoms with Crippen LogP contribution in [0.1, 0.15) is 12.5 Å². The van der Waals surface area contributed by atoms with E-state index >= 15 is 0 Å². The number of nitrogens with zero attached hydrogens (tertiary/aromatic N) is 6. The number of rotatable bonds is 6. The van der Waals surface area contributed by atoms with Crippen molar-refractivity contribution >= 4 is 17.2 Å². The summed E-state index contributed by atoms with van der Waals surface area (Å²) in [7, 11) is 0. The molecule has 8 nitrogen and oxygen atoms in total. The van der Waals surface area contributed by atoms with Gasteiger partial charge in [0.05, 0.1) is 11.9 Å². The molecule has 8 heteroatoms. The van der Waals surface area contributed by atoms with Gasteiger partial charge < -0.3 is 9.72 Å². The Morgan fingerprint density at radius 1 is 1.19 bits per heavy atom. The maximum absolute atomic E-state index is 5.51. The second-order valence-corrected chi connectivity index (χ2v) is 5.86. The van der Waals surface area contributed by atoms with E-state index in [0.717, 1.165) is 29.0 Å². The highest BCUT2D eigenvalue weighted by atomic mass is 15.3. The van der Waals surface area contributed by atoms with Crippen molar-refractivity contribution in [1.29, 1.82) is 0 Å². The number of pyridine rings is 2. The predicted octanol–water partition coefficient (Wildman–Crippen LogP) is 2.07. The van der Waals surface area contributed by atoms with Gasteiger partial charge in [-0.05, 0) is 35.8 Å². The zero-order chi connectivity index (χ0) is 17.9. The van der Waals surface area contributed by atoms with Crippen LogP contribution in [0.25, 0.3) is 16.9 Å². The third kappa shape index (κ3) is 3.04. The number of hydrogen-bond acceptors (Lipinski definition) is 5. The highest BCUT2D eigenvalue weighted by molar-refractivity contribution is 5.67. The third-order valence-corrected chi connectivity index (χ3v) is 4.18. The van der Waals surface area contributed by atoms with Gasteiger partial charge in [0, 0.05) is 43.4 Å². The quantitative estimate of drug-likeness (QED) is 0.522. The zero-order valence-corrected chi connectivity index (χ0v) is 14.4. The molecular weight excluding hydrogens is 328 g/mol. The zero-order valence-electron chi connectivity index (χ0n) is 14.4. The molecular formula is C18H19N8+. The van der Waals surface area contributed by atoms with Crippen LogP contribution in [0.4, 0.5) is 11.5 Å². The van der Waals surface area contributed by atoms with Gasteiger partial charge in [-0.2, -0.15) is 10.6 Å². The summed E-state index contributed by atoms with van der Waals surface area (Å²) in [6.45, 7) is 3.46. The lowest BCUT2D eigenvalue weighted by atomic mass is 10.2. The molecule has 26 heavy (non-hydrogen) atoms. The van der Waals surface area contributed by atoms with Crippen molar-refractivity contribution in [3.63, 3.8) is 0 Å². The molecule has 4 rings (SSSR count). The standard InChI is InChI=1S/C18H18N8/c1-2-26-12-14(10-22-26)15-4-5-16(24-19)18(23-15)21-9-13-3-6-17-20-7-8-25(17)11-13/h3-8,10-12,19H,2,9H2,1H3,(H,21,23)/p+1. The molecule has 130 valence electrons. The van der Waals surface area contributed by atoms with E-state index in [1.807, 2.05) is 65.1 Å². The molecule has 0 aliphatic rings. The van der Waals surface area contributed by atoms with Crippen molar-refractivity contribution < 1.29 is 5.53 Å². The first kappa shape index (κ1) is 15.9. The fourth-order valence-corrected chi connectivity index (χ4v) is 2.77. The van der Waals surface area contributed by atoms with E-state index in [1.54, 1.807) is 6.20 Å². The second-order valence-electron chi connectivity index (χ2n) is 5.86. The summed E-state index contributed by atoms with van der Waals surface area (Å²) < 4.78 is 3.85. The molecule has 0 fully saturated rings. The van der Waals surface area contributed by atoms with Crippen LogP contribution < -0.4 is 10.8 Å². The molecule has 0 atom stereocenters. The smallest absolute Gasteiger partial charge is 0.172 e. The van der Waals surface area contributed by atoms with Crippen LogP contribution in [0, 0.1) is 0 Å². The van der Waals surface area contributed by atoms with E-state index in [9.17, 15) is 0 Å². The molecule has 0 saturated carbocycles. The van der Waals surface area contributed by atoms with Crippen LogP contribution >= 0.6 is 0 Å². The number of anilines is 1. The summed E-state index contributed by atoms with van der Waals surface area (Å²) >= 11 is 0. The maximum atomic E-state index is 5.51. The molecule has 4 aromatic rings. The number of hydrogen-bond donors (Lipinski definition) is 2. The van der Waals surface area contributed by atoms with E-state index in [2.05, 4.69) is 25.5 Å². The van der Waals surface area contributed by atoms with Gasteiger partial charge >= 0.3 is 0 Å². The molecule has 0 aliphatic carbocycles. The third-order valence-electron chi connectivity index (χ3n) is 4.18. The molecule has 0 saturated heterocycles. The minimum Gasteiger partial charge on any atom is -0.364 e. The van der Waals surface area contributed by atoms with E-state index in [4.69, 9.17) is 5.53 Å². The lowest BCUT2D eigenvalue weighted by molar-refractivity contribution is -0.210. The highest BCUT2D eigenvalue weighted by Gasteiger charge is 2.10. The second kappa shape index (κ2) is 6.75. The maximum Gasteiger partial charge on any atom is 0.172 e. The van der Waals surface area contributed by atoms with E-state index in [1.165, 1.54) is 0 Å². The van der Waals surface area contributed by atoms with Gasteiger partial charge in [0.25, 0.3) is 0 Å². The average molecular weight is 347 g/mol. The molecule has 3 N–H and O–H groups in total. The Balaban J connectivity index is 1.59. The summed E-state index contributed by atoms with van der Waals surface area (Å²) in [5.41, 5.74) is 9.92. The van der Waals surface area contributed by atoms with E-state index in [-0.39, 0.29) is 0 Å². The van der Waals surface area contributed by atoms with Gasteiger partial charge in [-0.15, -0.1) is 0 Å². The fourth-order valence-electron chi connectivity index (χ4n) is 2.77. The lowest BCUT2D eigenvalue weighted by Crippen LogP contribution is -2.22. The SMILES string of the molecule is CCn1cc(-c2ccc(N=[NH2+])c(NCc3ccc4nccn4c3)n2)cn1. The van der Waals surface area contributed by atoms with Gasteiger partial charge in [0.15, 0.2) is 11.5 Å². The summed E-state index contributed by atoms with van der Waals surface area (Å²) in [6.07, 6.45) is 9.51. The number of aryl methyl sites for hydroxylation is 1. The molecule has 0 spiro atoms. The molecule has 0 amide bonds. The summed E-state index contributed by atoms with van der Waals surface area (Å²) in [5.74, 6) is 0.639. The number of fused-ring (bicyclic) bond motifs is 1. The summed E-state index contributed by atoms with van der Waals surface area (Å²) in [5, 5.41) is 11.4. The fraction of sp³-hybridized carbons (Fsp3) is 0.167. The molecule has 0 radical (unpaired) electrons. The Bertz CT molecular complexity index is 1060. The van der Waals surface area contributed by atoms with E-state index in [0.29, 0.717) is 18.1 Å². The van der Waals surface area contributed by atoms with Crippen LogP contribution in [-0.4, -0.2) is 24.1 Å². The monoisotopic (exact) mass is 347 g/mol. The number of imidazole rings is 1. The van der Waals surface area contributed by atoms with Crippen LogP contribution in [0.5, 0.6) is 0 Å². The van der Waals surface area contributed by atoms with E-state index < -0.39 is 0 Å². The molecule has 4 aromatic heterocycles. The summed E-state index contributed by atoms with van der Waals surface area (Å²) in [6, 6.07) is 7.76. The Morgan fingerprint density at radius 2 is 2.12 bits per heavy atom. The first-order valence-electron chi connectivity index (χ1n) is 8.37. The predicted molar refractivity (Wildman–Crippen MR) is 97.7 cm³/mol. The minimum atomic E-state index is 0.599. The molecule has 0 aromatic carbocycles. The van der Waals surface area contributed by atoms with Crippen LogP contribution in [-0.2, 0) is 13.1 Å². The van der Waals surface area contributed by atoms with Gasteiger partial charge in [-0.1, -0.05) is 6.07 Å². The Hall–Kier alpha value is -3.55. The normalized spacial score (nSPS) is 11.0. The molecule has 4 heterocycles. The van der Waals surface area contributed by atoms with Gasteiger partial charge in [0.1, 0.15) is 5.65 Å². The minimum absolute atomic E-state index is 0.599. The molecule has 0 unspecified atom stereocenters. The topological polar surface area (TPSA) is 98.0 Å². The van der Waals surface area contributed by atoms with Gasteiger partial charge in [-0.25, -0.2) is 9.97 Å². The van der Waals surface area contributed by atoms with Gasteiger partial charge in [0.2, 0.25) is 0 Å². The Kier molecular flexibility index (Phi) is 4.14. The largest absolute Gasteiger partial charge is 0.364 e. The van der Waals surface area contributed by atoms with Crippen molar-refractivity contribution in [2.24, 2.45) is 5.11 Å². The first-order valence-corrected chi connectivity index (χ1v) is 8.37. The molecule has 0 aliphatic heterocycles. The van der Waals surface area contributed by atoms with Crippen molar-refractivity contribution in [1.82, 2.24) is 24.1 Å². The highest BCUT2D eigenvalue weighted by Crippen LogP contribution is 2.27. The average Bonchev–Trinajstić information content (AvgIpc) is 3.34. The van der Waals surface area contributed by atoms with Crippen molar-refractivity contribution in [2.75, 3.05) is 5.32 Å². The Morgan fingerprint density at radius 3 is 2.92 bits per heavy atom. The van der Waals surface area contributed by atoms with Crippen LogP contribution in [0.15, 0.2) is 60.4 Å². The van der Waals surface area contributed by atoms with Crippen molar-refractivity contribution in [3.05, 3.63) is 60.8 Å². The summed E-state index contributed by atoms with van der Waals surface area (Å²) in [4.78, 5) is 8.92. The van der Waals surface area contributed by atoms with Gasteiger partial charge in [-0.3, -0.25) is 4.68 Å². The number of nitrogens with two attached hydrogens (primary N) is 1.